The van der Waals surface area contributed by atoms with E-state index < -0.39 is 72.3 Å². The maximum absolute atomic E-state index is 12.7. The summed E-state index contributed by atoms with van der Waals surface area (Å²) in [5.74, 6) is -5.71. The van der Waals surface area contributed by atoms with Crippen LogP contribution in [0.3, 0.4) is 0 Å². The van der Waals surface area contributed by atoms with Gasteiger partial charge in [0.1, 0.15) is 24.2 Å². The third-order valence-electron chi connectivity index (χ3n) is 4.15. The molecule has 0 aromatic rings. The van der Waals surface area contributed by atoms with Crippen LogP contribution in [0, 0.1) is 5.92 Å². The van der Waals surface area contributed by atoms with Gasteiger partial charge < -0.3 is 37.0 Å². The van der Waals surface area contributed by atoms with Gasteiger partial charge in [0, 0.05) is 12.2 Å². The third-order valence-corrected chi connectivity index (χ3v) is 4.51. The molecule has 0 aromatic carbocycles. The van der Waals surface area contributed by atoms with E-state index in [1.54, 1.807) is 13.8 Å². The van der Waals surface area contributed by atoms with Gasteiger partial charge in [-0.1, -0.05) is 13.8 Å². The molecule has 0 aliphatic rings. The van der Waals surface area contributed by atoms with E-state index >= 15 is 0 Å². The first-order valence-corrected chi connectivity index (χ1v) is 9.85. The highest BCUT2D eigenvalue weighted by Gasteiger charge is 2.32. The SMILES string of the molecule is CC(C)C(NC(=O)C(N)C(C)O)C(=O)NC(CCC(=O)O)C(=O)NC(CS)C(=O)O. The fraction of sp³-hybridized carbons (Fsp3) is 0.706. The van der Waals surface area contributed by atoms with Crippen molar-refractivity contribution in [2.45, 2.75) is 63.9 Å². The van der Waals surface area contributed by atoms with Crippen LogP contribution in [0.15, 0.2) is 0 Å². The summed E-state index contributed by atoms with van der Waals surface area (Å²) in [6.07, 6.45) is -1.94. The smallest absolute Gasteiger partial charge is 0.327 e. The van der Waals surface area contributed by atoms with Crippen LogP contribution in [-0.4, -0.2) is 81.0 Å². The number of carbonyl (C=O) groups is 5. The first-order chi connectivity index (χ1) is 13.8. The molecule has 8 N–H and O–H groups in total. The van der Waals surface area contributed by atoms with Crippen molar-refractivity contribution in [2.24, 2.45) is 11.7 Å². The van der Waals surface area contributed by atoms with Crippen LogP contribution in [0.5, 0.6) is 0 Å². The molecule has 0 heterocycles. The summed E-state index contributed by atoms with van der Waals surface area (Å²) in [4.78, 5) is 59.2. The number of carbonyl (C=O) groups excluding carboxylic acids is 3. The standard InChI is InChI=1S/C17H30N4O8S/c1-7(2)13(21-15(26)12(18)8(3)22)16(27)19-9(4-5-11(23)24)14(25)20-10(6-30)17(28)29/h7-10,12-13,22,30H,4-6,18H2,1-3H3,(H,19,27)(H,20,25)(H,21,26)(H,23,24)(H,28,29). The Labute approximate surface area is 179 Å². The van der Waals surface area contributed by atoms with Crippen molar-refractivity contribution in [3.63, 3.8) is 0 Å². The molecular weight excluding hydrogens is 420 g/mol. The lowest BCUT2D eigenvalue weighted by Crippen LogP contribution is -2.59. The molecule has 30 heavy (non-hydrogen) atoms. The molecule has 0 saturated carbocycles. The molecule has 0 aromatic heterocycles. The number of nitrogens with two attached hydrogens (primary N) is 1. The minimum absolute atomic E-state index is 0.220. The van der Waals surface area contributed by atoms with E-state index in [4.69, 9.17) is 15.9 Å². The molecule has 13 heteroatoms. The molecule has 0 radical (unpaired) electrons. The van der Waals surface area contributed by atoms with E-state index in [0.717, 1.165) is 0 Å². The number of aliphatic hydroxyl groups excluding tert-OH is 1. The molecule has 172 valence electrons. The van der Waals surface area contributed by atoms with Crippen molar-refractivity contribution in [3.8, 4) is 0 Å². The van der Waals surface area contributed by atoms with E-state index in [9.17, 15) is 29.1 Å². The Balaban J connectivity index is 5.42. The number of rotatable bonds is 13. The second-order valence-electron chi connectivity index (χ2n) is 7.07. The molecule has 3 amide bonds. The van der Waals surface area contributed by atoms with Gasteiger partial charge in [-0.15, -0.1) is 0 Å². The van der Waals surface area contributed by atoms with Gasteiger partial charge in [0.2, 0.25) is 17.7 Å². The monoisotopic (exact) mass is 450 g/mol. The summed E-state index contributed by atoms with van der Waals surface area (Å²) in [5.41, 5.74) is 5.55. The number of carboxylic acids is 2. The van der Waals surface area contributed by atoms with Gasteiger partial charge in [0.05, 0.1) is 6.10 Å². The van der Waals surface area contributed by atoms with E-state index in [1.165, 1.54) is 6.92 Å². The number of hydrogen-bond acceptors (Lipinski definition) is 8. The van der Waals surface area contributed by atoms with E-state index in [-0.39, 0.29) is 12.2 Å². The zero-order valence-corrected chi connectivity index (χ0v) is 17.9. The van der Waals surface area contributed by atoms with Crippen LogP contribution < -0.4 is 21.7 Å². The second-order valence-corrected chi connectivity index (χ2v) is 7.44. The van der Waals surface area contributed by atoms with Gasteiger partial charge in [-0.3, -0.25) is 19.2 Å². The maximum atomic E-state index is 12.7. The largest absolute Gasteiger partial charge is 0.481 e. The van der Waals surface area contributed by atoms with Gasteiger partial charge in [0.25, 0.3) is 0 Å². The van der Waals surface area contributed by atoms with Gasteiger partial charge in [-0.25, -0.2) is 4.79 Å². The first kappa shape index (κ1) is 27.6. The minimum atomic E-state index is -1.36. The molecule has 5 unspecified atom stereocenters. The highest BCUT2D eigenvalue weighted by molar-refractivity contribution is 7.80. The van der Waals surface area contributed by atoms with Gasteiger partial charge in [-0.2, -0.15) is 12.6 Å². The average molecular weight is 451 g/mol. The predicted molar refractivity (Wildman–Crippen MR) is 109 cm³/mol. The molecule has 0 aliphatic carbocycles. The Morgan fingerprint density at radius 1 is 0.900 bits per heavy atom. The van der Waals surface area contributed by atoms with Gasteiger partial charge in [-0.05, 0) is 19.3 Å². The van der Waals surface area contributed by atoms with Crippen molar-refractivity contribution in [2.75, 3.05) is 5.75 Å². The summed E-state index contributed by atoms with van der Waals surface area (Å²) in [5, 5.41) is 34.2. The average Bonchev–Trinajstić information content (AvgIpc) is 2.65. The van der Waals surface area contributed by atoms with Crippen molar-refractivity contribution in [1.82, 2.24) is 16.0 Å². The molecule has 0 fully saturated rings. The molecule has 0 spiro atoms. The van der Waals surface area contributed by atoms with Crippen LogP contribution in [0.4, 0.5) is 0 Å². The van der Waals surface area contributed by atoms with Crippen LogP contribution >= 0.6 is 12.6 Å². The van der Waals surface area contributed by atoms with Crippen molar-refractivity contribution < 1.29 is 39.3 Å². The number of hydrogen-bond donors (Lipinski definition) is 8. The quantitative estimate of drug-likeness (QED) is 0.141. The Morgan fingerprint density at radius 3 is 1.83 bits per heavy atom. The number of amides is 3. The summed E-state index contributed by atoms with van der Waals surface area (Å²) < 4.78 is 0. The molecule has 0 bridgehead atoms. The third kappa shape index (κ3) is 9.41. The van der Waals surface area contributed by atoms with Crippen LogP contribution in [0.1, 0.15) is 33.6 Å². The number of nitrogens with one attached hydrogen (secondary N) is 3. The lowest BCUT2D eigenvalue weighted by atomic mass is 10.0. The Kier molecular flexibility index (Phi) is 12.0. The van der Waals surface area contributed by atoms with Crippen LogP contribution in [0.25, 0.3) is 0 Å². The van der Waals surface area contributed by atoms with Crippen LogP contribution in [0.2, 0.25) is 0 Å². The number of thiol groups is 1. The summed E-state index contributed by atoms with van der Waals surface area (Å²) >= 11 is 3.83. The highest BCUT2D eigenvalue weighted by Crippen LogP contribution is 2.06. The van der Waals surface area contributed by atoms with Gasteiger partial charge >= 0.3 is 11.9 Å². The molecule has 5 atom stereocenters. The fourth-order valence-corrected chi connectivity index (χ4v) is 2.51. The Hall–Kier alpha value is -2.38. The zero-order chi connectivity index (χ0) is 23.6. The van der Waals surface area contributed by atoms with Crippen molar-refractivity contribution in [1.29, 1.82) is 0 Å². The molecule has 0 rings (SSSR count). The molecular formula is C17H30N4O8S. The lowest BCUT2D eigenvalue weighted by Gasteiger charge is -2.27. The Bertz CT molecular complexity index is 643. The summed E-state index contributed by atoms with van der Waals surface area (Å²) in [6, 6.07) is -5.12. The second kappa shape index (κ2) is 13.0. The van der Waals surface area contributed by atoms with Crippen molar-refractivity contribution in [3.05, 3.63) is 0 Å². The predicted octanol–water partition coefficient (Wildman–Crippen LogP) is -2.32. The van der Waals surface area contributed by atoms with E-state index in [1.807, 2.05) is 0 Å². The topological polar surface area (TPSA) is 208 Å². The molecule has 0 aliphatic heterocycles. The van der Waals surface area contributed by atoms with E-state index in [0.29, 0.717) is 0 Å². The van der Waals surface area contributed by atoms with E-state index in [2.05, 4.69) is 28.6 Å². The normalized spacial score (nSPS) is 16.0. The number of carboxylic acid groups (broad SMARTS) is 2. The lowest BCUT2D eigenvalue weighted by molar-refractivity contribution is -0.142. The molecule has 0 saturated heterocycles. The summed E-state index contributed by atoms with van der Waals surface area (Å²) in [6.45, 7) is 4.54. The van der Waals surface area contributed by atoms with Crippen LogP contribution in [-0.2, 0) is 24.0 Å². The zero-order valence-electron chi connectivity index (χ0n) is 17.0. The molecule has 12 nitrogen and oxygen atoms in total. The number of aliphatic hydroxyl groups is 1. The maximum Gasteiger partial charge on any atom is 0.327 e. The highest BCUT2D eigenvalue weighted by atomic mass is 32.1. The number of aliphatic carboxylic acids is 2. The fourth-order valence-electron chi connectivity index (χ4n) is 2.26. The minimum Gasteiger partial charge on any atom is -0.481 e. The van der Waals surface area contributed by atoms with Crippen molar-refractivity contribution >= 4 is 42.3 Å². The summed E-state index contributed by atoms with van der Waals surface area (Å²) in [7, 11) is 0. The van der Waals surface area contributed by atoms with Gasteiger partial charge in [0.15, 0.2) is 0 Å². The first-order valence-electron chi connectivity index (χ1n) is 9.22. The Morgan fingerprint density at radius 2 is 1.43 bits per heavy atom.